The van der Waals surface area contributed by atoms with Crippen LogP contribution in [-0.4, -0.2) is 91.7 Å². The number of nitrogens with one attached hydrogen (secondary N) is 2. The first-order valence-corrected chi connectivity index (χ1v) is 17.3. The minimum Gasteiger partial charge on any atom is -0.494 e. The number of piperidine rings is 1. The van der Waals surface area contributed by atoms with Crippen LogP contribution in [0.1, 0.15) is 43.7 Å². The van der Waals surface area contributed by atoms with Crippen molar-refractivity contribution in [1.82, 2.24) is 20.3 Å². The number of carbonyl (C=O) groups is 1. The maximum atomic E-state index is 12.5. The van der Waals surface area contributed by atoms with Crippen LogP contribution >= 0.6 is 23.2 Å². The largest absolute Gasteiger partial charge is 0.494 e. The van der Waals surface area contributed by atoms with Crippen LogP contribution in [0.5, 0.6) is 5.75 Å². The number of aliphatic imine (C=N–C) groups is 1. The van der Waals surface area contributed by atoms with E-state index < -0.39 is 0 Å². The zero-order valence-corrected chi connectivity index (χ0v) is 28.8. The number of piperazine rings is 1. The highest BCUT2D eigenvalue weighted by atomic mass is 35.5. The number of ether oxygens (including phenoxy) is 1. The molecule has 0 aromatic heterocycles. The van der Waals surface area contributed by atoms with Crippen LogP contribution in [0.25, 0.3) is 0 Å². The molecule has 0 spiro atoms. The lowest BCUT2D eigenvalue weighted by atomic mass is 10.0. The second kappa shape index (κ2) is 15.4. The second-order valence-electron chi connectivity index (χ2n) is 12.6. The van der Waals surface area contributed by atoms with Crippen molar-refractivity contribution in [3.05, 3.63) is 70.5 Å². The van der Waals surface area contributed by atoms with Gasteiger partial charge in [-0.2, -0.15) is 0 Å². The first kappa shape index (κ1) is 34.3. The van der Waals surface area contributed by atoms with Crippen LogP contribution in [-0.2, 0) is 9.63 Å². The van der Waals surface area contributed by atoms with Crippen LogP contribution < -0.4 is 32.0 Å². The van der Waals surface area contributed by atoms with Crippen molar-refractivity contribution in [3.63, 3.8) is 0 Å². The number of hydrogen-bond donors (Lipinski definition) is 4. The number of hydrazine groups is 1. The average molecular weight is 699 g/mol. The van der Waals surface area contributed by atoms with Crippen molar-refractivity contribution < 1.29 is 14.4 Å². The van der Waals surface area contributed by atoms with Gasteiger partial charge in [-0.15, -0.1) is 0 Å². The van der Waals surface area contributed by atoms with Crippen molar-refractivity contribution in [2.24, 2.45) is 16.6 Å². The van der Waals surface area contributed by atoms with Crippen LogP contribution in [0.3, 0.4) is 0 Å². The molecule has 1 amide bonds. The van der Waals surface area contributed by atoms with Gasteiger partial charge in [0.05, 0.1) is 41.2 Å². The van der Waals surface area contributed by atoms with Crippen molar-refractivity contribution in [2.45, 2.75) is 50.2 Å². The Morgan fingerprint density at radius 3 is 2.29 bits per heavy atom. The summed E-state index contributed by atoms with van der Waals surface area (Å²) in [6.07, 6.45) is 8.36. The molecular weight excluding hydrogens is 653 g/mol. The number of nitrogens with two attached hydrogens (primary N) is 2. The Balaban J connectivity index is 1.20. The molecule has 3 heterocycles. The third kappa shape index (κ3) is 7.85. The lowest BCUT2D eigenvalue weighted by Gasteiger charge is -2.43. The van der Waals surface area contributed by atoms with Gasteiger partial charge >= 0.3 is 0 Å². The number of methoxy groups -OCH3 is 1. The molecular formula is C34H45Cl2N9O3. The Labute approximate surface area is 292 Å². The lowest BCUT2D eigenvalue weighted by Crippen LogP contribution is -2.53. The predicted octanol–water partition coefficient (Wildman–Crippen LogP) is 4.55. The summed E-state index contributed by atoms with van der Waals surface area (Å²) in [5.74, 6) is 6.67. The zero-order chi connectivity index (χ0) is 33.8. The van der Waals surface area contributed by atoms with E-state index in [0.29, 0.717) is 52.1 Å². The number of amidine groups is 1. The molecule has 48 heavy (non-hydrogen) atoms. The monoisotopic (exact) mass is 697 g/mol. The Morgan fingerprint density at radius 2 is 1.69 bits per heavy atom. The Bertz CT molecular complexity index is 1550. The van der Waals surface area contributed by atoms with Crippen molar-refractivity contribution in [2.75, 3.05) is 63.2 Å². The van der Waals surface area contributed by atoms with Gasteiger partial charge in [0.1, 0.15) is 23.1 Å². The molecule has 14 heteroatoms. The number of benzene rings is 2. The van der Waals surface area contributed by atoms with Gasteiger partial charge in [-0.25, -0.2) is 15.9 Å². The summed E-state index contributed by atoms with van der Waals surface area (Å²) in [4.78, 5) is 30.7. The number of hydrogen-bond acceptors (Lipinski definition) is 10. The first-order valence-electron chi connectivity index (χ1n) is 16.6. The second-order valence-corrected chi connectivity index (χ2v) is 13.4. The van der Waals surface area contributed by atoms with E-state index in [0.717, 1.165) is 56.3 Å². The van der Waals surface area contributed by atoms with E-state index in [9.17, 15) is 4.79 Å². The number of carbonyl (C=O) groups excluding carboxylic acids is 1. The van der Waals surface area contributed by atoms with E-state index in [4.69, 9.17) is 44.4 Å². The van der Waals surface area contributed by atoms with E-state index >= 15 is 0 Å². The normalized spacial score (nSPS) is 21.8. The van der Waals surface area contributed by atoms with Gasteiger partial charge < -0.3 is 26.1 Å². The Hall–Kier alpha value is -3.52. The van der Waals surface area contributed by atoms with E-state index in [2.05, 4.69) is 37.0 Å². The summed E-state index contributed by atoms with van der Waals surface area (Å²) in [6, 6.07) is 10.4. The van der Waals surface area contributed by atoms with Crippen molar-refractivity contribution in [3.8, 4) is 5.75 Å². The molecule has 3 saturated heterocycles. The third-order valence-corrected chi connectivity index (χ3v) is 10.4. The maximum absolute atomic E-state index is 12.5. The highest BCUT2D eigenvalue weighted by Gasteiger charge is 2.34. The van der Waals surface area contributed by atoms with Gasteiger partial charge in [0.2, 0.25) is 5.91 Å². The number of anilines is 2. The molecule has 0 unspecified atom stereocenters. The molecule has 0 bridgehead atoms. The minimum atomic E-state index is -0.318. The smallest absolute Gasteiger partial charge is 0.247 e. The summed E-state index contributed by atoms with van der Waals surface area (Å²) in [5.41, 5.74) is 12.0. The summed E-state index contributed by atoms with van der Waals surface area (Å²) >= 11 is 12.4. The fraction of sp³-hybridized carbons (Fsp3) is 0.471. The van der Waals surface area contributed by atoms with Gasteiger partial charge in [-0.1, -0.05) is 35.8 Å². The average Bonchev–Trinajstić information content (AvgIpc) is 3.85. The molecule has 2 aromatic carbocycles. The summed E-state index contributed by atoms with van der Waals surface area (Å²) < 4.78 is 5.79. The topological polar surface area (TPSA) is 137 Å². The van der Waals surface area contributed by atoms with Gasteiger partial charge in [-0.3, -0.25) is 19.4 Å². The van der Waals surface area contributed by atoms with E-state index in [1.54, 1.807) is 30.4 Å². The fourth-order valence-electron chi connectivity index (χ4n) is 6.94. The van der Waals surface area contributed by atoms with Gasteiger partial charge in [0, 0.05) is 69.9 Å². The molecule has 1 saturated carbocycles. The molecule has 3 aliphatic heterocycles. The number of hydroxylamine groups is 2. The highest BCUT2D eigenvalue weighted by Crippen LogP contribution is 2.41. The number of amides is 1. The molecule has 4 fully saturated rings. The molecule has 1 aliphatic carbocycles. The number of halogens is 2. The first-order chi connectivity index (χ1) is 23.3. The Morgan fingerprint density at radius 1 is 1.00 bits per heavy atom. The van der Waals surface area contributed by atoms with E-state index in [1.807, 2.05) is 18.2 Å². The summed E-state index contributed by atoms with van der Waals surface area (Å²) in [5, 5.41) is 5.54. The standard InChI is InChI=1S/C34H45Cl2N9O3/c1-3-34(46)40-27-19-28(39-32(37)21-33(41-38)45-29(10-17-48-45)22-4-7-25(35)26(36)18-22)31(47-2)20-30(27)44-11-8-24(9-12-44)43-15-13-42(14-16-43)23-5-6-23/h3-4,7,18-21,23-24,29,41H,1,5-6,8-17,38H2,2H3,(H2,37,39)(H,40,46)/b33-21+/t29-/m1/s1. The predicted molar refractivity (Wildman–Crippen MR) is 192 cm³/mol. The van der Waals surface area contributed by atoms with E-state index in [1.165, 1.54) is 32.0 Å². The fourth-order valence-corrected chi connectivity index (χ4v) is 7.25. The molecule has 258 valence electrons. The van der Waals surface area contributed by atoms with Gasteiger partial charge in [-0.05, 0) is 55.5 Å². The van der Waals surface area contributed by atoms with Crippen LogP contribution in [0.15, 0.2) is 59.9 Å². The summed E-state index contributed by atoms with van der Waals surface area (Å²) in [7, 11) is 1.59. The number of rotatable bonds is 11. The molecule has 6 N–H and O–H groups in total. The molecule has 12 nitrogen and oxygen atoms in total. The van der Waals surface area contributed by atoms with E-state index in [-0.39, 0.29) is 17.8 Å². The Kier molecular flexibility index (Phi) is 11.0. The van der Waals surface area contributed by atoms with Crippen molar-refractivity contribution in [1.29, 1.82) is 0 Å². The van der Waals surface area contributed by atoms with Crippen molar-refractivity contribution >= 4 is 52.0 Å². The number of nitrogens with zero attached hydrogens (tertiary/aromatic N) is 5. The SMILES string of the molecule is C=CC(=O)Nc1cc(N=C(N)/C=C(\NN)N2OCC[C@@H]2c2ccc(Cl)c(Cl)c2)c(OC)cc1N1CCC(N2CCN(C3CC3)CC2)CC1. The minimum absolute atomic E-state index is 0.140. The molecule has 6 rings (SSSR count). The summed E-state index contributed by atoms with van der Waals surface area (Å²) in [6.45, 7) is 10.5. The zero-order valence-electron chi connectivity index (χ0n) is 27.3. The molecule has 1 atom stereocenters. The quantitative estimate of drug-likeness (QED) is 0.0871. The third-order valence-electron chi connectivity index (χ3n) is 9.63. The maximum Gasteiger partial charge on any atom is 0.247 e. The molecule has 0 radical (unpaired) electrons. The molecule has 4 aliphatic rings. The van der Waals surface area contributed by atoms with Crippen LogP contribution in [0.4, 0.5) is 17.1 Å². The van der Waals surface area contributed by atoms with Gasteiger partial charge in [0.25, 0.3) is 0 Å². The van der Waals surface area contributed by atoms with Crippen LogP contribution in [0, 0.1) is 0 Å². The highest BCUT2D eigenvalue weighted by molar-refractivity contribution is 6.42. The van der Waals surface area contributed by atoms with Crippen LogP contribution in [0.2, 0.25) is 10.0 Å². The molecule has 2 aromatic rings. The van der Waals surface area contributed by atoms with Gasteiger partial charge in [0.15, 0.2) is 0 Å². The lowest BCUT2D eigenvalue weighted by molar-refractivity contribution is -0.111.